The highest BCUT2D eigenvalue weighted by Crippen LogP contribution is 2.49. The molecule has 0 amide bonds. The highest BCUT2D eigenvalue weighted by Gasteiger charge is 2.72. The van der Waals surface area contributed by atoms with Crippen LogP contribution in [0.1, 0.15) is 52.0 Å². The molecule has 1 heterocycles. The van der Waals surface area contributed by atoms with E-state index in [0.717, 1.165) is 0 Å². The van der Waals surface area contributed by atoms with Crippen LogP contribution in [0, 0.1) is 16.0 Å². The van der Waals surface area contributed by atoms with Gasteiger partial charge in [0.05, 0.1) is 11.8 Å². The van der Waals surface area contributed by atoms with E-state index < -0.39 is 45.9 Å². The molecule has 2 aromatic rings. The van der Waals surface area contributed by atoms with Crippen LogP contribution < -0.4 is 0 Å². The van der Waals surface area contributed by atoms with E-state index in [1.54, 1.807) is 42.5 Å². The number of Topliss-reactive ketones (excluding diaryl/α,β-unsaturated/α-hetero) is 2. The normalized spacial score (nSPS) is 25.0. The fraction of sp³-hybridized carbons (Fsp3) is 0.318. The van der Waals surface area contributed by atoms with Crippen molar-refractivity contribution in [1.29, 1.82) is 0 Å². The topological polar surface area (TPSA) is 104 Å². The molecule has 1 spiro atoms. The Morgan fingerprint density at radius 2 is 1.52 bits per heavy atom. The molecule has 0 bridgehead atoms. The molecule has 0 saturated carbocycles. The van der Waals surface area contributed by atoms with Crippen LogP contribution in [0.5, 0.6) is 0 Å². The Labute approximate surface area is 166 Å². The first-order chi connectivity index (χ1) is 13.9. The molecular weight excluding hydrogens is 374 g/mol. The van der Waals surface area contributed by atoms with Gasteiger partial charge < -0.3 is 4.74 Å². The molecule has 0 N–H and O–H groups in total. The molecule has 29 heavy (non-hydrogen) atoms. The van der Waals surface area contributed by atoms with Gasteiger partial charge in [-0.15, -0.1) is 0 Å². The molecule has 1 aliphatic carbocycles. The number of nitrogens with zero attached hydrogens (tertiary/aromatic N) is 1. The zero-order valence-corrected chi connectivity index (χ0v) is 15.7. The van der Waals surface area contributed by atoms with E-state index in [1.165, 1.54) is 12.1 Å². The van der Waals surface area contributed by atoms with E-state index in [4.69, 9.17) is 4.74 Å². The smallest absolute Gasteiger partial charge is 0.311 e. The van der Waals surface area contributed by atoms with E-state index in [1.807, 2.05) is 6.92 Å². The van der Waals surface area contributed by atoms with E-state index in [2.05, 4.69) is 0 Å². The lowest BCUT2D eigenvalue weighted by atomic mass is 9.68. The van der Waals surface area contributed by atoms with Gasteiger partial charge in [-0.05, 0) is 12.0 Å². The van der Waals surface area contributed by atoms with Gasteiger partial charge in [-0.3, -0.25) is 24.5 Å². The number of nitro groups is 1. The Kier molecular flexibility index (Phi) is 4.53. The number of benzene rings is 2. The maximum Gasteiger partial charge on any atom is 0.311 e. The molecule has 1 saturated heterocycles. The summed E-state index contributed by atoms with van der Waals surface area (Å²) in [5.41, 5.74) is -1.81. The summed E-state index contributed by atoms with van der Waals surface area (Å²) in [7, 11) is 0. The van der Waals surface area contributed by atoms with Gasteiger partial charge in [-0.25, -0.2) is 0 Å². The number of ether oxygens (including phenoxy) is 1. The standard InChI is InChI=1S/C22H19NO6/c1-2-8-16-17(13-9-4-3-5-10-13)18(23(27)28)22(29-21(16)26)19(24)14-11-6-7-12-15(14)20(22)25/h3-7,9-12,16-18H,2,8H2,1H3/t16-,17-,18+/m1/s1. The summed E-state index contributed by atoms with van der Waals surface area (Å²) >= 11 is 0. The van der Waals surface area contributed by atoms with Crippen molar-refractivity contribution >= 4 is 17.5 Å². The average molecular weight is 393 g/mol. The van der Waals surface area contributed by atoms with Gasteiger partial charge in [0.1, 0.15) is 0 Å². The molecule has 1 aliphatic heterocycles. The summed E-state index contributed by atoms with van der Waals surface area (Å²) in [6.45, 7) is 1.86. The van der Waals surface area contributed by atoms with Gasteiger partial charge in [0.2, 0.25) is 11.6 Å². The van der Waals surface area contributed by atoms with Crippen LogP contribution in [-0.4, -0.2) is 34.1 Å². The van der Waals surface area contributed by atoms with E-state index in [9.17, 15) is 24.5 Å². The first-order valence-corrected chi connectivity index (χ1v) is 9.53. The number of rotatable bonds is 4. The quantitative estimate of drug-likeness (QED) is 0.342. The second kappa shape index (κ2) is 6.92. The summed E-state index contributed by atoms with van der Waals surface area (Å²) in [6, 6.07) is 12.9. The fourth-order valence-electron chi connectivity index (χ4n) is 4.64. The molecule has 0 unspecified atom stereocenters. The molecule has 2 aromatic carbocycles. The molecule has 4 rings (SSSR count). The lowest BCUT2D eigenvalue weighted by Crippen LogP contribution is -2.65. The van der Waals surface area contributed by atoms with Gasteiger partial charge in [0.25, 0.3) is 6.04 Å². The Bertz CT molecular complexity index is 980. The third kappa shape index (κ3) is 2.61. The molecule has 148 valence electrons. The largest absolute Gasteiger partial charge is 0.434 e. The van der Waals surface area contributed by atoms with Crippen molar-refractivity contribution < 1.29 is 24.0 Å². The second-order valence-electron chi connectivity index (χ2n) is 7.42. The molecule has 3 atom stereocenters. The van der Waals surface area contributed by atoms with Crippen molar-refractivity contribution in [3.8, 4) is 0 Å². The van der Waals surface area contributed by atoms with Crippen LogP contribution in [0.3, 0.4) is 0 Å². The third-order valence-electron chi connectivity index (χ3n) is 5.86. The van der Waals surface area contributed by atoms with Crippen molar-refractivity contribution in [2.75, 3.05) is 0 Å². The Balaban J connectivity index is 1.95. The maximum atomic E-state index is 13.3. The highest BCUT2D eigenvalue weighted by atomic mass is 16.6. The number of carbonyl (C=O) groups is 3. The first kappa shape index (κ1) is 19.0. The molecule has 7 heteroatoms. The highest BCUT2D eigenvalue weighted by molar-refractivity contribution is 6.33. The van der Waals surface area contributed by atoms with Crippen molar-refractivity contribution in [2.45, 2.75) is 37.3 Å². The van der Waals surface area contributed by atoms with Crippen molar-refractivity contribution in [3.63, 3.8) is 0 Å². The number of hydrogen-bond donors (Lipinski definition) is 0. The van der Waals surface area contributed by atoms with Gasteiger partial charge in [0.15, 0.2) is 0 Å². The van der Waals surface area contributed by atoms with Gasteiger partial charge in [0, 0.05) is 16.1 Å². The van der Waals surface area contributed by atoms with Crippen LogP contribution in [-0.2, 0) is 9.53 Å². The Morgan fingerprint density at radius 1 is 0.966 bits per heavy atom. The van der Waals surface area contributed by atoms with Crippen LogP contribution >= 0.6 is 0 Å². The molecule has 2 aliphatic rings. The van der Waals surface area contributed by atoms with Gasteiger partial charge in [-0.1, -0.05) is 67.9 Å². The predicted octanol–water partition coefficient (Wildman–Crippen LogP) is 3.21. The number of ketones is 2. The molecule has 0 aromatic heterocycles. The van der Waals surface area contributed by atoms with Crippen molar-refractivity contribution in [2.24, 2.45) is 5.92 Å². The monoisotopic (exact) mass is 393 g/mol. The Hall–Kier alpha value is -3.35. The van der Waals surface area contributed by atoms with Crippen LogP contribution in [0.25, 0.3) is 0 Å². The third-order valence-corrected chi connectivity index (χ3v) is 5.86. The molecule has 7 nitrogen and oxygen atoms in total. The molecule has 1 fully saturated rings. The molecular formula is C22H19NO6. The van der Waals surface area contributed by atoms with Crippen molar-refractivity contribution in [1.82, 2.24) is 0 Å². The zero-order valence-electron chi connectivity index (χ0n) is 15.7. The summed E-state index contributed by atoms with van der Waals surface area (Å²) in [6.07, 6.45) is 0.955. The SMILES string of the molecule is CCC[C@H]1C(=O)OC2(C(=O)c3ccccc3C2=O)[C@@H]([N+](=O)[O-])[C@@H]1c1ccccc1. The summed E-state index contributed by atoms with van der Waals surface area (Å²) in [4.78, 5) is 51.2. The fourth-order valence-corrected chi connectivity index (χ4v) is 4.64. The van der Waals surface area contributed by atoms with Crippen LogP contribution in [0.15, 0.2) is 54.6 Å². The minimum Gasteiger partial charge on any atom is -0.434 e. The van der Waals surface area contributed by atoms with E-state index in [0.29, 0.717) is 18.4 Å². The maximum absolute atomic E-state index is 13.3. The van der Waals surface area contributed by atoms with Crippen LogP contribution in [0.4, 0.5) is 0 Å². The van der Waals surface area contributed by atoms with Gasteiger partial charge >= 0.3 is 11.6 Å². The summed E-state index contributed by atoms with van der Waals surface area (Å²) in [5, 5.41) is 12.3. The number of hydrogen-bond acceptors (Lipinski definition) is 6. The average Bonchev–Trinajstić information content (AvgIpc) is 2.93. The van der Waals surface area contributed by atoms with Crippen LogP contribution in [0.2, 0.25) is 0 Å². The summed E-state index contributed by atoms with van der Waals surface area (Å²) < 4.78 is 5.45. The van der Waals surface area contributed by atoms with Gasteiger partial charge in [-0.2, -0.15) is 0 Å². The minimum atomic E-state index is -2.46. The zero-order chi connectivity index (χ0) is 20.8. The minimum absolute atomic E-state index is 0.0536. The first-order valence-electron chi connectivity index (χ1n) is 9.53. The number of carbonyl (C=O) groups excluding carboxylic acids is 3. The lowest BCUT2D eigenvalue weighted by molar-refractivity contribution is -0.544. The number of fused-ring (bicyclic) bond motifs is 1. The lowest BCUT2D eigenvalue weighted by Gasteiger charge is -2.41. The predicted molar refractivity (Wildman–Crippen MR) is 102 cm³/mol. The second-order valence-corrected chi connectivity index (χ2v) is 7.42. The van der Waals surface area contributed by atoms with E-state index >= 15 is 0 Å². The van der Waals surface area contributed by atoms with E-state index in [-0.39, 0.29) is 11.1 Å². The Morgan fingerprint density at radius 3 is 2.03 bits per heavy atom. The molecule has 0 radical (unpaired) electrons. The number of esters is 1. The summed E-state index contributed by atoms with van der Waals surface area (Å²) in [5.74, 6) is -4.14. The van der Waals surface area contributed by atoms with Crippen molar-refractivity contribution in [3.05, 3.63) is 81.4 Å².